The van der Waals surface area contributed by atoms with Crippen molar-refractivity contribution in [2.75, 3.05) is 27.2 Å². The molecule has 1 unspecified atom stereocenters. The monoisotopic (exact) mass is 610 g/mol. The Balaban J connectivity index is 1.21. The van der Waals surface area contributed by atoms with Gasteiger partial charge in [0.25, 0.3) is 11.2 Å². The van der Waals surface area contributed by atoms with E-state index >= 15 is 0 Å². The Labute approximate surface area is 260 Å². The van der Waals surface area contributed by atoms with Crippen LogP contribution in [-0.2, 0) is 37.8 Å². The van der Waals surface area contributed by atoms with E-state index < -0.39 is 29.3 Å². The van der Waals surface area contributed by atoms with Crippen LogP contribution in [0.2, 0.25) is 0 Å². The lowest BCUT2D eigenvalue weighted by molar-refractivity contribution is -0.165. The Morgan fingerprint density at radius 2 is 1.89 bits per heavy atom. The van der Waals surface area contributed by atoms with Gasteiger partial charge in [-0.25, -0.2) is 19.4 Å². The van der Waals surface area contributed by atoms with E-state index in [-0.39, 0.29) is 36.9 Å². The van der Waals surface area contributed by atoms with Gasteiger partial charge >= 0.3 is 18.2 Å². The molecule has 3 aliphatic rings. The minimum Gasteiger partial charge on any atom is -0.457 e. The number of aromatic nitrogens is 2. The van der Waals surface area contributed by atoms with Gasteiger partial charge in [-0.15, -0.1) is 6.42 Å². The molecule has 0 fully saturated rings. The molecular weight excluding hydrogens is 576 g/mol. The van der Waals surface area contributed by atoms with Crippen LogP contribution in [0.25, 0.3) is 22.3 Å². The molecule has 1 aromatic carbocycles. The van der Waals surface area contributed by atoms with Crippen LogP contribution in [0.5, 0.6) is 0 Å². The van der Waals surface area contributed by atoms with E-state index in [2.05, 4.69) is 5.92 Å². The minimum absolute atomic E-state index is 0.0602. The van der Waals surface area contributed by atoms with Crippen molar-refractivity contribution >= 4 is 29.1 Å². The molecule has 2 amide bonds. The summed E-state index contributed by atoms with van der Waals surface area (Å²) in [4.78, 5) is 60.3. The number of benzene rings is 1. The second-order valence-electron chi connectivity index (χ2n) is 11.6. The molecule has 1 aliphatic carbocycles. The van der Waals surface area contributed by atoms with E-state index in [1.54, 1.807) is 17.7 Å². The number of fused-ring (bicyclic) bond motifs is 5. The second kappa shape index (κ2) is 12.1. The van der Waals surface area contributed by atoms with E-state index in [0.29, 0.717) is 17.9 Å². The molecule has 0 bridgehead atoms. The number of para-hydroxylation sites is 1. The van der Waals surface area contributed by atoms with Gasteiger partial charge in [-0.1, -0.05) is 30.7 Å². The summed E-state index contributed by atoms with van der Waals surface area (Å²) < 4.78 is 18.2. The molecular formula is C34H34N4O7. The first-order chi connectivity index (χ1) is 21.7. The largest absolute Gasteiger partial charge is 0.457 e. The summed E-state index contributed by atoms with van der Waals surface area (Å²) >= 11 is 0. The van der Waals surface area contributed by atoms with Crippen LogP contribution in [0.4, 0.5) is 9.59 Å². The topological polar surface area (TPSA) is 120 Å². The molecule has 0 saturated carbocycles. The van der Waals surface area contributed by atoms with Crippen molar-refractivity contribution in [1.29, 1.82) is 0 Å². The molecule has 6 rings (SSSR count). The Morgan fingerprint density at radius 1 is 1.11 bits per heavy atom. The van der Waals surface area contributed by atoms with Gasteiger partial charge < -0.3 is 28.6 Å². The highest BCUT2D eigenvalue weighted by Crippen LogP contribution is 2.39. The van der Waals surface area contributed by atoms with Gasteiger partial charge in [-0.3, -0.25) is 4.79 Å². The number of esters is 1. The van der Waals surface area contributed by atoms with E-state index in [1.165, 1.54) is 16.8 Å². The summed E-state index contributed by atoms with van der Waals surface area (Å²) in [6.07, 6.45) is 13.1. The number of allylic oxidation sites excluding steroid dienone is 1. The second-order valence-corrected chi connectivity index (χ2v) is 11.6. The van der Waals surface area contributed by atoms with Gasteiger partial charge in [0.15, 0.2) is 0 Å². The lowest BCUT2D eigenvalue weighted by atomic mass is 9.88. The standard InChI is InChI=1S/C34H34N4O7/c1-4-34(45-33(42)37(3)17-16-36(2)32(41)44-24-13-8-6-5-7-9-14-24)26-19-28-29-23(18-22-12-10-11-15-27(22)35-29)20-38(28)30(39)25(26)21-43-31(34)40/h1,8,10-13,15,18-19,24H,5-7,9,14,16-17,20-21H2,2-3H3/b13-8+/t24?,34-/m0/s1. The number of pyridine rings is 2. The van der Waals surface area contributed by atoms with Crippen LogP contribution in [-0.4, -0.2) is 70.8 Å². The SMILES string of the molecule is C#C[C@@]1(OC(=O)N(C)CCN(C)C(=O)OC2/C=C/CCCCC2)C(=O)OCc2c1cc1n(c2=O)Cc2cc3ccccc3nc2-1. The fourth-order valence-corrected chi connectivity index (χ4v) is 5.92. The first-order valence-electron chi connectivity index (χ1n) is 15.1. The number of rotatable bonds is 5. The molecule has 2 aliphatic heterocycles. The third-order valence-electron chi connectivity index (χ3n) is 8.59. The van der Waals surface area contributed by atoms with Crippen molar-refractivity contribution in [3.8, 4) is 23.7 Å². The zero-order chi connectivity index (χ0) is 31.7. The van der Waals surface area contributed by atoms with E-state index in [1.807, 2.05) is 42.5 Å². The average molecular weight is 611 g/mol. The number of nitrogens with zero attached hydrogens (tertiary/aromatic N) is 4. The van der Waals surface area contributed by atoms with Gasteiger partial charge in [0.2, 0.25) is 0 Å². The normalized spacial score (nSPS) is 20.7. The molecule has 0 saturated heterocycles. The third kappa shape index (κ3) is 5.52. The van der Waals surface area contributed by atoms with Crippen molar-refractivity contribution in [3.05, 3.63) is 75.6 Å². The molecule has 0 radical (unpaired) electrons. The van der Waals surface area contributed by atoms with Crippen molar-refractivity contribution in [2.24, 2.45) is 0 Å². The summed E-state index contributed by atoms with van der Waals surface area (Å²) in [5.74, 6) is 1.34. The Bertz CT molecular complexity index is 1820. The molecule has 0 N–H and O–H groups in total. The number of likely N-dealkylation sites (N-methyl/N-ethyl adjacent to an activating group) is 2. The van der Waals surface area contributed by atoms with Crippen molar-refractivity contribution in [2.45, 2.75) is 57.0 Å². The van der Waals surface area contributed by atoms with Crippen LogP contribution in [0, 0.1) is 12.3 Å². The molecule has 11 nitrogen and oxygen atoms in total. The molecule has 3 aromatic rings. The van der Waals surface area contributed by atoms with Crippen LogP contribution >= 0.6 is 0 Å². The van der Waals surface area contributed by atoms with Crippen molar-refractivity contribution < 1.29 is 28.6 Å². The predicted octanol–water partition coefficient (Wildman–Crippen LogP) is 4.34. The number of carbonyl (C=O) groups is 3. The summed E-state index contributed by atoms with van der Waals surface area (Å²) in [6.45, 7) is 0.182. The lowest BCUT2D eigenvalue weighted by Gasteiger charge is -2.33. The Morgan fingerprint density at radius 3 is 2.69 bits per heavy atom. The van der Waals surface area contributed by atoms with E-state index in [0.717, 1.165) is 48.6 Å². The number of ether oxygens (including phenoxy) is 3. The molecule has 11 heteroatoms. The number of hydrogen-bond donors (Lipinski definition) is 0. The quantitative estimate of drug-likeness (QED) is 0.142. The molecule has 2 aromatic heterocycles. The Kier molecular flexibility index (Phi) is 8.06. The Hall–Kier alpha value is -5.11. The van der Waals surface area contributed by atoms with Crippen LogP contribution in [0.15, 0.2) is 53.3 Å². The maximum absolute atomic E-state index is 13.7. The number of carbonyl (C=O) groups excluding carboxylic acids is 3. The van der Waals surface area contributed by atoms with Crippen LogP contribution in [0.1, 0.15) is 48.8 Å². The van der Waals surface area contributed by atoms with Crippen molar-refractivity contribution in [1.82, 2.24) is 19.4 Å². The minimum atomic E-state index is -2.29. The number of terminal acetylenes is 1. The van der Waals surface area contributed by atoms with Gasteiger partial charge in [-0.05, 0) is 55.9 Å². The average Bonchev–Trinajstić information content (AvgIpc) is 3.38. The maximum atomic E-state index is 13.7. The predicted molar refractivity (Wildman–Crippen MR) is 165 cm³/mol. The van der Waals surface area contributed by atoms with E-state index in [4.69, 9.17) is 25.6 Å². The highest BCUT2D eigenvalue weighted by atomic mass is 16.6. The first-order valence-corrected chi connectivity index (χ1v) is 15.1. The van der Waals surface area contributed by atoms with Gasteiger partial charge in [0, 0.05) is 43.7 Å². The lowest BCUT2D eigenvalue weighted by Crippen LogP contribution is -2.49. The highest BCUT2D eigenvalue weighted by Gasteiger charge is 2.51. The highest BCUT2D eigenvalue weighted by molar-refractivity contribution is 5.91. The maximum Gasteiger partial charge on any atom is 0.411 e. The molecule has 0 spiro atoms. The van der Waals surface area contributed by atoms with Gasteiger partial charge in [0.05, 0.1) is 29.0 Å². The fourth-order valence-electron chi connectivity index (χ4n) is 5.92. The number of amides is 2. The summed E-state index contributed by atoms with van der Waals surface area (Å²) in [5.41, 5.74) is 0.175. The fraction of sp³-hybridized carbons (Fsp3) is 0.382. The first kappa shape index (κ1) is 29.9. The van der Waals surface area contributed by atoms with Crippen LogP contribution in [0.3, 0.4) is 0 Å². The molecule has 4 heterocycles. The number of hydrogen-bond acceptors (Lipinski definition) is 8. The molecule has 45 heavy (non-hydrogen) atoms. The summed E-state index contributed by atoms with van der Waals surface area (Å²) in [5, 5.41) is 0.936. The summed E-state index contributed by atoms with van der Waals surface area (Å²) in [6, 6.07) is 11.2. The van der Waals surface area contributed by atoms with Crippen LogP contribution < -0.4 is 5.56 Å². The van der Waals surface area contributed by atoms with Gasteiger partial charge in [-0.2, -0.15) is 0 Å². The zero-order valence-electron chi connectivity index (χ0n) is 25.3. The smallest absolute Gasteiger partial charge is 0.411 e. The molecule has 232 valence electrons. The van der Waals surface area contributed by atoms with Gasteiger partial charge in [0.1, 0.15) is 12.7 Å². The zero-order valence-corrected chi connectivity index (χ0v) is 25.3. The third-order valence-corrected chi connectivity index (χ3v) is 8.59. The summed E-state index contributed by atoms with van der Waals surface area (Å²) in [7, 11) is 3.04. The van der Waals surface area contributed by atoms with E-state index in [9.17, 15) is 19.2 Å². The number of cyclic esters (lactones) is 1. The molecule has 2 atom stereocenters. The van der Waals surface area contributed by atoms with Crippen molar-refractivity contribution in [3.63, 3.8) is 0 Å².